The summed E-state index contributed by atoms with van der Waals surface area (Å²) >= 11 is 0. The molecule has 2 unspecified atom stereocenters. The SMILES string of the molecule is Cl.NC1CCCC(NS(=O)(=O)Cc2noc3ccccc23)C1. The molecular weight excluding hydrogens is 326 g/mol. The second-order valence-electron chi connectivity index (χ2n) is 5.63. The number of hydrogen-bond acceptors (Lipinski definition) is 5. The molecule has 6 nitrogen and oxygen atoms in total. The van der Waals surface area contributed by atoms with E-state index in [1.165, 1.54) is 0 Å². The maximum atomic E-state index is 12.3. The minimum atomic E-state index is -3.45. The standard InChI is InChI=1S/C14H19N3O3S.ClH/c15-10-4-3-5-11(8-10)17-21(18,19)9-13-12-6-1-2-7-14(12)20-16-13;/h1-2,6-7,10-11,17H,3-5,8-9,15H2;1H. The Morgan fingerprint density at radius 2 is 2.09 bits per heavy atom. The molecule has 8 heteroatoms. The van der Waals surface area contributed by atoms with Crippen molar-refractivity contribution >= 4 is 33.4 Å². The minimum absolute atomic E-state index is 0. The van der Waals surface area contributed by atoms with Crippen LogP contribution in [0.15, 0.2) is 28.8 Å². The normalized spacial score (nSPS) is 22.4. The number of nitrogens with two attached hydrogens (primary N) is 1. The smallest absolute Gasteiger partial charge is 0.217 e. The van der Waals surface area contributed by atoms with E-state index in [4.69, 9.17) is 10.3 Å². The number of fused-ring (bicyclic) bond motifs is 1. The monoisotopic (exact) mass is 345 g/mol. The summed E-state index contributed by atoms with van der Waals surface area (Å²) in [6, 6.07) is 7.26. The van der Waals surface area contributed by atoms with Crippen molar-refractivity contribution in [1.82, 2.24) is 9.88 Å². The number of halogens is 1. The van der Waals surface area contributed by atoms with Crippen LogP contribution >= 0.6 is 12.4 Å². The van der Waals surface area contributed by atoms with E-state index < -0.39 is 10.0 Å². The zero-order valence-electron chi connectivity index (χ0n) is 12.1. The second-order valence-corrected chi connectivity index (χ2v) is 7.38. The highest BCUT2D eigenvalue weighted by molar-refractivity contribution is 7.88. The van der Waals surface area contributed by atoms with Crippen LogP contribution < -0.4 is 10.5 Å². The molecular formula is C14H20ClN3O3S. The molecule has 0 radical (unpaired) electrons. The van der Waals surface area contributed by atoms with Gasteiger partial charge < -0.3 is 10.3 Å². The van der Waals surface area contributed by atoms with Crippen molar-refractivity contribution in [3.05, 3.63) is 30.0 Å². The summed E-state index contributed by atoms with van der Waals surface area (Å²) in [5.74, 6) is -0.171. The number of benzene rings is 1. The summed E-state index contributed by atoms with van der Waals surface area (Å²) in [5, 5.41) is 4.61. The Balaban J connectivity index is 0.00000176. The molecule has 122 valence electrons. The van der Waals surface area contributed by atoms with E-state index in [-0.39, 0.29) is 30.2 Å². The lowest BCUT2D eigenvalue weighted by Gasteiger charge is -2.26. The predicted molar refractivity (Wildman–Crippen MR) is 87.2 cm³/mol. The van der Waals surface area contributed by atoms with Gasteiger partial charge in [0.05, 0.1) is 0 Å². The predicted octanol–water partition coefficient (Wildman–Crippen LogP) is 1.94. The van der Waals surface area contributed by atoms with Gasteiger partial charge in [-0.15, -0.1) is 12.4 Å². The van der Waals surface area contributed by atoms with Crippen molar-refractivity contribution in [2.45, 2.75) is 43.5 Å². The Labute approximate surface area is 135 Å². The van der Waals surface area contributed by atoms with Crippen molar-refractivity contribution in [2.24, 2.45) is 5.73 Å². The topological polar surface area (TPSA) is 98.2 Å². The summed E-state index contributed by atoms with van der Waals surface area (Å²) in [7, 11) is -3.45. The summed E-state index contributed by atoms with van der Waals surface area (Å²) in [6.07, 6.45) is 3.46. The molecule has 1 aliphatic rings. The van der Waals surface area contributed by atoms with Gasteiger partial charge in [-0.05, 0) is 31.4 Å². The molecule has 0 spiro atoms. The van der Waals surface area contributed by atoms with Crippen LogP contribution in [0.1, 0.15) is 31.4 Å². The van der Waals surface area contributed by atoms with Gasteiger partial charge in [-0.2, -0.15) is 0 Å². The summed E-state index contributed by atoms with van der Waals surface area (Å²) in [6.45, 7) is 0. The van der Waals surface area contributed by atoms with Gasteiger partial charge in [0.15, 0.2) is 5.58 Å². The van der Waals surface area contributed by atoms with Crippen LogP contribution in [0.2, 0.25) is 0 Å². The second kappa shape index (κ2) is 6.95. The van der Waals surface area contributed by atoms with Gasteiger partial charge in [-0.3, -0.25) is 0 Å². The lowest BCUT2D eigenvalue weighted by atomic mass is 9.92. The van der Waals surface area contributed by atoms with E-state index in [1.807, 2.05) is 18.2 Å². The summed E-state index contributed by atoms with van der Waals surface area (Å²) < 4.78 is 32.4. The molecule has 0 bridgehead atoms. The molecule has 3 rings (SSSR count). The van der Waals surface area contributed by atoms with E-state index in [1.54, 1.807) is 6.07 Å². The van der Waals surface area contributed by atoms with Gasteiger partial charge in [0.1, 0.15) is 11.4 Å². The molecule has 0 saturated heterocycles. The first-order chi connectivity index (χ1) is 10.0. The zero-order valence-corrected chi connectivity index (χ0v) is 13.7. The van der Waals surface area contributed by atoms with Crippen molar-refractivity contribution in [3.8, 4) is 0 Å². The fourth-order valence-corrected chi connectivity index (χ4v) is 4.23. The molecule has 22 heavy (non-hydrogen) atoms. The van der Waals surface area contributed by atoms with Crippen molar-refractivity contribution < 1.29 is 12.9 Å². The van der Waals surface area contributed by atoms with Gasteiger partial charge in [0.25, 0.3) is 0 Å². The maximum Gasteiger partial charge on any atom is 0.217 e. The molecule has 1 aromatic carbocycles. The maximum absolute atomic E-state index is 12.3. The average Bonchev–Trinajstić information content (AvgIpc) is 2.81. The molecule has 1 saturated carbocycles. The van der Waals surface area contributed by atoms with E-state index in [9.17, 15) is 8.42 Å². The van der Waals surface area contributed by atoms with Gasteiger partial charge in [0.2, 0.25) is 10.0 Å². The Morgan fingerprint density at radius 1 is 1.32 bits per heavy atom. The highest BCUT2D eigenvalue weighted by Crippen LogP contribution is 2.21. The van der Waals surface area contributed by atoms with Crippen LogP contribution in [0.5, 0.6) is 0 Å². The molecule has 2 aromatic rings. The van der Waals surface area contributed by atoms with Crippen LogP contribution in [0.3, 0.4) is 0 Å². The number of aromatic nitrogens is 1. The van der Waals surface area contributed by atoms with E-state index in [0.717, 1.165) is 24.6 Å². The Morgan fingerprint density at radius 3 is 2.86 bits per heavy atom. The van der Waals surface area contributed by atoms with Gasteiger partial charge in [-0.25, -0.2) is 13.1 Å². The molecule has 0 amide bonds. The Kier molecular flexibility index (Phi) is 5.44. The first-order valence-corrected chi connectivity index (χ1v) is 8.77. The van der Waals surface area contributed by atoms with Crippen LogP contribution in [0.4, 0.5) is 0 Å². The fraction of sp³-hybridized carbons (Fsp3) is 0.500. The number of sulfonamides is 1. The lowest BCUT2D eigenvalue weighted by Crippen LogP contribution is -2.42. The molecule has 1 fully saturated rings. The van der Waals surface area contributed by atoms with E-state index in [2.05, 4.69) is 9.88 Å². The molecule has 2 atom stereocenters. The number of nitrogens with one attached hydrogen (secondary N) is 1. The van der Waals surface area contributed by atoms with Crippen LogP contribution in [-0.4, -0.2) is 25.7 Å². The van der Waals surface area contributed by atoms with E-state index >= 15 is 0 Å². The third-order valence-corrected chi connectivity index (χ3v) is 5.19. The molecule has 1 aliphatic carbocycles. The minimum Gasteiger partial charge on any atom is -0.356 e. The third-order valence-electron chi connectivity index (χ3n) is 3.84. The molecule has 3 N–H and O–H groups in total. The van der Waals surface area contributed by atoms with Crippen molar-refractivity contribution in [1.29, 1.82) is 0 Å². The van der Waals surface area contributed by atoms with Gasteiger partial charge >= 0.3 is 0 Å². The first kappa shape index (κ1) is 17.2. The highest BCUT2D eigenvalue weighted by Gasteiger charge is 2.25. The Bertz CT molecular complexity index is 732. The molecule has 0 aliphatic heterocycles. The number of hydrogen-bond donors (Lipinski definition) is 2. The van der Waals surface area contributed by atoms with Gasteiger partial charge in [0, 0.05) is 17.5 Å². The first-order valence-electron chi connectivity index (χ1n) is 7.12. The van der Waals surface area contributed by atoms with Gasteiger partial charge in [-0.1, -0.05) is 23.7 Å². The number of nitrogens with zero attached hydrogens (tertiary/aromatic N) is 1. The summed E-state index contributed by atoms with van der Waals surface area (Å²) in [5.41, 5.74) is 6.93. The van der Waals surface area contributed by atoms with Crippen LogP contribution in [0, 0.1) is 0 Å². The molecule has 1 aromatic heterocycles. The zero-order chi connectivity index (χ0) is 14.9. The quantitative estimate of drug-likeness (QED) is 0.882. The number of rotatable bonds is 4. The highest BCUT2D eigenvalue weighted by atomic mass is 35.5. The average molecular weight is 346 g/mol. The summed E-state index contributed by atoms with van der Waals surface area (Å²) in [4.78, 5) is 0. The fourth-order valence-electron chi connectivity index (χ4n) is 2.85. The van der Waals surface area contributed by atoms with Crippen molar-refractivity contribution in [2.75, 3.05) is 0 Å². The lowest BCUT2D eigenvalue weighted by molar-refractivity contribution is 0.370. The third kappa shape index (κ3) is 3.98. The van der Waals surface area contributed by atoms with Crippen molar-refractivity contribution in [3.63, 3.8) is 0 Å². The molecule has 1 heterocycles. The van der Waals surface area contributed by atoms with Crippen LogP contribution in [0.25, 0.3) is 11.0 Å². The van der Waals surface area contributed by atoms with E-state index in [0.29, 0.717) is 17.7 Å². The van der Waals surface area contributed by atoms with Crippen LogP contribution in [-0.2, 0) is 15.8 Å². The largest absolute Gasteiger partial charge is 0.356 e. The Hall–Kier alpha value is -1.15. The number of para-hydroxylation sites is 1.